The van der Waals surface area contributed by atoms with E-state index in [-0.39, 0.29) is 6.10 Å². The molecule has 0 atom stereocenters. The number of aliphatic hydroxyl groups excluding tert-OH is 1. The molecular weight excluding hydrogens is 298 g/mol. The highest BCUT2D eigenvalue weighted by Gasteiger charge is 2.21. The largest absolute Gasteiger partial charge is 0.393 e. The molecule has 5 heteroatoms. The highest BCUT2D eigenvalue weighted by Crippen LogP contribution is 2.33. The predicted molar refractivity (Wildman–Crippen MR) is 89.5 cm³/mol. The summed E-state index contributed by atoms with van der Waals surface area (Å²) in [6.07, 6.45) is 1.32. The summed E-state index contributed by atoms with van der Waals surface area (Å²) < 4.78 is 0. The zero-order valence-corrected chi connectivity index (χ0v) is 12.8. The summed E-state index contributed by atoms with van der Waals surface area (Å²) in [5.41, 5.74) is 0. The van der Waals surface area contributed by atoms with E-state index in [4.69, 9.17) is 11.6 Å². The zero-order chi connectivity index (χ0) is 15.1. The van der Waals surface area contributed by atoms with Gasteiger partial charge in [0.05, 0.1) is 6.10 Å². The molecule has 1 aliphatic rings. The van der Waals surface area contributed by atoms with E-state index in [1.165, 1.54) is 0 Å². The van der Waals surface area contributed by atoms with Gasteiger partial charge in [-0.05, 0) is 35.7 Å². The third kappa shape index (κ3) is 2.28. The van der Waals surface area contributed by atoms with Gasteiger partial charge in [-0.1, -0.05) is 35.9 Å². The van der Waals surface area contributed by atoms with E-state index in [1.54, 1.807) is 0 Å². The average Bonchev–Trinajstić information content (AvgIpc) is 2.55. The van der Waals surface area contributed by atoms with Crippen LogP contribution in [-0.2, 0) is 0 Å². The molecule has 1 aromatic heterocycles. The van der Waals surface area contributed by atoms with E-state index >= 15 is 0 Å². The Bertz CT molecular complexity index is 844. The number of aromatic nitrogens is 2. The fourth-order valence-corrected chi connectivity index (χ4v) is 3.30. The molecule has 1 N–H and O–H groups in total. The van der Waals surface area contributed by atoms with Crippen LogP contribution in [0, 0.1) is 0 Å². The Labute approximate surface area is 133 Å². The van der Waals surface area contributed by atoms with E-state index in [0.29, 0.717) is 5.15 Å². The first-order valence-corrected chi connectivity index (χ1v) is 7.88. The topological polar surface area (TPSA) is 49.2 Å². The number of anilines is 1. The number of aliphatic hydroxyl groups is 1. The molecule has 4 nitrogen and oxygen atoms in total. The first kappa shape index (κ1) is 13.7. The minimum absolute atomic E-state index is 0.205. The molecule has 0 amide bonds. The fourth-order valence-electron chi connectivity index (χ4n) is 3.11. The van der Waals surface area contributed by atoms with Crippen LogP contribution in [0.1, 0.15) is 12.8 Å². The van der Waals surface area contributed by atoms with Gasteiger partial charge in [0.1, 0.15) is 0 Å². The molecule has 112 valence electrons. The summed E-state index contributed by atoms with van der Waals surface area (Å²) in [5.74, 6) is 0.858. The lowest BCUT2D eigenvalue weighted by Crippen LogP contribution is -2.36. The van der Waals surface area contributed by atoms with Gasteiger partial charge in [-0.3, -0.25) is 0 Å². The second-order valence-electron chi connectivity index (χ2n) is 5.78. The highest BCUT2D eigenvalue weighted by molar-refractivity contribution is 6.35. The number of rotatable bonds is 1. The SMILES string of the molecule is OC1CCN(c2nnc(Cl)c3cc4ccccc4cc23)CC1. The number of halogens is 1. The minimum Gasteiger partial charge on any atom is -0.393 e. The van der Waals surface area contributed by atoms with Crippen molar-refractivity contribution in [1.29, 1.82) is 0 Å². The molecule has 1 saturated heterocycles. The normalized spacial score (nSPS) is 16.5. The molecule has 0 radical (unpaired) electrons. The van der Waals surface area contributed by atoms with Crippen molar-refractivity contribution in [1.82, 2.24) is 10.2 Å². The van der Waals surface area contributed by atoms with Crippen molar-refractivity contribution in [2.45, 2.75) is 18.9 Å². The van der Waals surface area contributed by atoms with E-state index < -0.39 is 0 Å². The van der Waals surface area contributed by atoms with E-state index in [1.807, 2.05) is 12.1 Å². The highest BCUT2D eigenvalue weighted by atomic mass is 35.5. The van der Waals surface area contributed by atoms with Crippen LogP contribution in [0.25, 0.3) is 21.5 Å². The first-order valence-electron chi connectivity index (χ1n) is 7.50. The van der Waals surface area contributed by atoms with Crippen molar-refractivity contribution in [2.75, 3.05) is 18.0 Å². The fraction of sp³-hybridized carbons (Fsp3) is 0.294. The van der Waals surface area contributed by atoms with Crippen LogP contribution in [0.4, 0.5) is 5.82 Å². The second-order valence-corrected chi connectivity index (χ2v) is 6.14. The number of hydrogen-bond donors (Lipinski definition) is 1. The molecule has 1 fully saturated rings. The summed E-state index contributed by atoms with van der Waals surface area (Å²) in [7, 11) is 0. The van der Waals surface area contributed by atoms with E-state index in [2.05, 4.69) is 39.4 Å². The minimum atomic E-state index is -0.205. The van der Waals surface area contributed by atoms with Crippen molar-refractivity contribution in [3.8, 4) is 0 Å². The maximum atomic E-state index is 9.69. The van der Waals surface area contributed by atoms with Gasteiger partial charge in [-0.25, -0.2) is 0 Å². The van der Waals surface area contributed by atoms with Gasteiger partial charge in [0.2, 0.25) is 0 Å². The molecule has 0 unspecified atom stereocenters. The van der Waals surface area contributed by atoms with Crippen LogP contribution in [0.15, 0.2) is 36.4 Å². The molecule has 2 aromatic carbocycles. The number of benzene rings is 2. The summed E-state index contributed by atoms with van der Waals surface area (Å²) in [6, 6.07) is 12.4. The Hall–Kier alpha value is -1.91. The molecule has 0 spiro atoms. The molecule has 0 bridgehead atoms. The Morgan fingerprint density at radius 2 is 1.64 bits per heavy atom. The molecule has 2 heterocycles. The van der Waals surface area contributed by atoms with Gasteiger partial charge in [0.15, 0.2) is 11.0 Å². The third-order valence-electron chi connectivity index (χ3n) is 4.35. The monoisotopic (exact) mass is 313 g/mol. The Morgan fingerprint density at radius 1 is 1.00 bits per heavy atom. The first-order chi connectivity index (χ1) is 10.7. The van der Waals surface area contributed by atoms with Crippen molar-refractivity contribution < 1.29 is 5.11 Å². The summed E-state index contributed by atoms with van der Waals surface area (Å²) >= 11 is 6.26. The van der Waals surface area contributed by atoms with E-state index in [0.717, 1.165) is 53.3 Å². The summed E-state index contributed by atoms with van der Waals surface area (Å²) in [5, 5.41) is 22.8. The number of piperidine rings is 1. The van der Waals surface area contributed by atoms with Gasteiger partial charge >= 0.3 is 0 Å². The van der Waals surface area contributed by atoms with Crippen LogP contribution in [0.5, 0.6) is 0 Å². The van der Waals surface area contributed by atoms with Crippen LogP contribution < -0.4 is 4.90 Å². The third-order valence-corrected chi connectivity index (χ3v) is 4.62. The standard InChI is InChI=1S/C17H16ClN3O/c18-16-14-9-11-3-1-2-4-12(11)10-15(14)17(20-19-16)21-7-5-13(22)6-8-21/h1-4,9-10,13,22H,5-8H2. The van der Waals surface area contributed by atoms with Crippen molar-refractivity contribution in [2.24, 2.45) is 0 Å². The molecule has 0 saturated carbocycles. The smallest absolute Gasteiger partial charge is 0.159 e. The van der Waals surface area contributed by atoms with Crippen molar-refractivity contribution in [3.05, 3.63) is 41.6 Å². The molecule has 4 rings (SSSR count). The van der Waals surface area contributed by atoms with Gasteiger partial charge < -0.3 is 10.0 Å². The maximum absolute atomic E-state index is 9.69. The van der Waals surface area contributed by atoms with Gasteiger partial charge in [-0.15, -0.1) is 10.2 Å². The predicted octanol–water partition coefficient (Wildman–Crippen LogP) is 3.40. The van der Waals surface area contributed by atoms with Crippen LogP contribution in [0.3, 0.4) is 0 Å². The summed E-state index contributed by atoms with van der Waals surface area (Å²) in [4.78, 5) is 2.19. The van der Waals surface area contributed by atoms with E-state index in [9.17, 15) is 5.11 Å². The lowest BCUT2D eigenvalue weighted by molar-refractivity contribution is 0.145. The van der Waals surface area contributed by atoms with Crippen LogP contribution in [0.2, 0.25) is 5.15 Å². The van der Waals surface area contributed by atoms with Crippen molar-refractivity contribution >= 4 is 39.0 Å². The average molecular weight is 314 g/mol. The molecule has 0 aliphatic carbocycles. The maximum Gasteiger partial charge on any atom is 0.159 e. The zero-order valence-electron chi connectivity index (χ0n) is 12.0. The Morgan fingerprint density at radius 3 is 2.32 bits per heavy atom. The van der Waals surface area contributed by atoms with Crippen molar-refractivity contribution in [3.63, 3.8) is 0 Å². The lowest BCUT2D eigenvalue weighted by Gasteiger charge is -2.30. The number of hydrogen-bond acceptors (Lipinski definition) is 4. The molecule has 3 aromatic rings. The number of fused-ring (bicyclic) bond motifs is 2. The second kappa shape index (κ2) is 5.38. The molecular formula is C17H16ClN3O. The quantitative estimate of drug-likeness (QED) is 0.700. The van der Waals surface area contributed by atoms with Crippen LogP contribution >= 0.6 is 11.6 Å². The van der Waals surface area contributed by atoms with Gasteiger partial charge in [0.25, 0.3) is 0 Å². The Balaban J connectivity index is 1.91. The summed E-state index contributed by atoms with van der Waals surface area (Å²) in [6.45, 7) is 1.58. The Kier molecular flexibility index (Phi) is 3.36. The number of nitrogens with zero attached hydrogens (tertiary/aromatic N) is 3. The van der Waals surface area contributed by atoms with Gasteiger partial charge in [0, 0.05) is 23.9 Å². The molecule has 22 heavy (non-hydrogen) atoms. The lowest BCUT2D eigenvalue weighted by atomic mass is 10.0. The van der Waals surface area contributed by atoms with Crippen LogP contribution in [-0.4, -0.2) is 34.5 Å². The molecule has 1 aliphatic heterocycles. The van der Waals surface area contributed by atoms with Gasteiger partial charge in [-0.2, -0.15) is 0 Å².